The molecule has 0 aliphatic heterocycles. The molecule has 0 atom stereocenters. The summed E-state index contributed by atoms with van der Waals surface area (Å²) in [6.07, 6.45) is 3.44. The summed E-state index contributed by atoms with van der Waals surface area (Å²) in [6, 6.07) is 11.3. The van der Waals surface area contributed by atoms with Crippen molar-refractivity contribution in [3.05, 3.63) is 64.1 Å². The second-order valence-corrected chi connectivity index (χ2v) is 6.76. The van der Waals surface area contributed by atoms with Crippen LogP contribution in [0.5, 0.6) is 5.75 Å². The van der Waals surface area contributed by atoms with Gasteiger partial charge in [-0.05, 0) is 49.4 Å². The van der Waals surface area contributed by atoms with Gasteiger partial charge in [-0.1, -0.05) is 12.1 Å². The van der Waals surface area contributed by atoms with Gasteiger partial charge in [-0.25, -0.2) is 0 Å². The molecule has 1 N–H and O–H groups in total. The van der Waals surface area contributed by atoms with Gasteiger partial charge in [-0.15, -0.1) is 0 Å². The van der Waals surface area contributed by atoms with E-state index in [4.69, 9.17) is 9.47 Å². The summed E-state index contributed by atoms with van der Waals surface area (Å²) in [7, 11) is 1.66. The molecule has 1 aliphatic carbocycles. The van der Waals surface area contributed by atoms with E-state index in [1.54, 1.807) is 19.4 Å². The Morgan fingerprint density at radius 2 is 1.93 bits per heavy atom. The molecule has 0 unspecified atom stereocenters. The number of hydrogen-bond acceptors (Lipinski definition) is 4. The number of carbonyl (C=O) groups is 1. The van der Waals surface area contributed by atoms with Crippen molar-refractivity contribution in [1.82, 2.24) is 9.88 Å². The van der Waals surface area contributed by atoms with Crippen molar-refractivity contribution >= 4 is 5.91 Å². The van der Waals surface area contributed by atoms with Gasteiger partial charge < -0.3 is 19.4 Å². The van der Waals surface area contributed by atoms with Crippen LogP contribution in [0.15, 0.2) is 47.4 Å². The van der Waals surface area contributed by atoms with Crippen LogP contribution in [0.2, 0.25) is 0 Å². The Bertz CT molecular complexity index is 823. The molecule has 1 saturated carbocycles. The van der Waals surface area contributed by atoms with Crippen LogP contribution >= 0.6 is 0 Å². The number of amides is 1. The van der Waals surface area contributed by atoms with Crippen molar-refractivity contribution in [1.29, 1.82) is 0 Å². The predicted molar refractivity (Wildman–Crippen MR) is 103 cm³/mol. The standard InChI is InChI=1S/C21H26N2O4/c1-3-27-11-10-23-14-16(6-9-20(23)24)21(25)22-18-12-17(13-18)15-4-7-19(26-2)8-5-15/h4-9,14,17-18H,3,10-13H2,1-2H3,(H,22,25). The van der Waals surface area contributed by atoms with Gasteiger partial charge >= 0.3 is 0 Å². The third kappa shape index (κ3) is 4.77. The molecule has 144 valence electrons. The van der Waals surface area contributed by atoms with Gasteiger partial charge in [0.2, 0.25) is 0 Å². The highest BCUT2D eigenvalue weighted by atomic mass is 16.5. The van der Waals surface area contributed by atoms with E-state index < -0.39 is 0 Å². The average molecular weight is 370 g/mol. The minimum Gasteiger partial charge on any atom is -0.497 e. The van der Waals surface area contributed by atoms with Crippen LogP contribution in [-0.4, -0.2) is 36.8 Å². The van der Waals surface area contributed by atoms with Crippen LogP contribution in [0, 0.1) is 0 Å². The molecule has 0 bridgehead atoms. The number of rotatable bonds is 8. The lowest BCUT2D eigenvalue weighted by Gasteiger charge is -2.36. The molecule has 2 aromatic rings. The quantitative estimate of drug-likeness (QED) is 0.725. The van der Waals surface area contributed by atoms with Gasteiger partial charge in [0.1, 0.15) is 5.75 Å². The summed E-state index contributed by atoms with van der Waals surface area (Å²) in [5.74, 6) is 1.17. The lowest BCUT2D eigenvalue weighted by atomic mass is 9.76. The third-order valence-electron chi connectivity index (χ3n) is 4.99. The van der Waals surface area contributed by atoms with Crippen LogP contribution in [0.3, 0.4) is 0 Å². The zero-order valence-corrected chi connectivity index (χ0v) is 15.8. The fraction of sp³-hybridized carbons (Fsp3) is 0.429. The van der Waals surface area contributed by atoms with Gasteiger partial charge in [-0.2, -0.15) is 0 Å². The number of nitrogens with zero attached hydrogens (tertiary/aromatic N) is 1. The van der Waals surface area contributed by atoms with Gasteiger partial charge in [0.25, 0.3) is 11.5 Å². The Morgan fingerprint density at radius 1 is 1.19 bits per heavy atom. The van der Waals surface area contributed by atoms with Crippen LogP contribution in [0.25, 0.3) is 0 Å². The first kappa shape index (κ1) is 19.2. The summed E-state index contributed by atoms with van der Waals surface area (Å²) in [5.41, 5.74) is 1.64. The first-order valence-corrected chi connectivity index (χ1v) is 9.33. The molecule has 3 rings (SSSR count). The summed E-state index contributed by atoms with van der Waals surface area (Å²) < 4.78 is 12.0. The van der Waals surface area contributed by atoms with Gasteiger partial charge in [-0.3, -0.25) is 9.59 Å². The second-order valence-electron chi connectivity index (χ2n) is 6.76. The smallest absolute Gasteiger partial charge is 0.252 e. The summed E-state index contributed by atoms with van der Waals surface area (Å²) in [4.78, 5) is 24.4. The first-order chi connectivity index (χ1) is 13.1. The van der Waals surface area contributed by atoms with Crippen LogP contribution in [0.1, 0.15) is 41.6 Å². The normalized spacial score (nSPS) is 18.6. The number of ether oxygens (including phenoxy) is 2. The molecular weight excluding hydrogens is 344 g/mol. The van der Waals surface area contributed by atoms with E-state index >= 15 is 0 Å². The Kier molecular flexibility index (Phi) is 6.29. The van der Waals surface area contributed by atoms with Crippen LogP contribution in [0.4, 0.5) is 0 Å². The molecule has 0 spiro atoms. The monoisotopic (exact) mass is 370 g/mol. The summed E-state index contributed by atoms with van der Waals surface area (Å²) in [5, 5.41) is 3.06. The zero-order chi connectivity index (χ0) is 19.2. The first-order valence-electron chi connectivity index (χ1n) is 9.33. The van der Waals surface area contributed by atoms with Gasteiger partial charge in [0.05, 0.1) is 19.3 Å². The molecule has 6 heteroatoms. The second kappa shape index (κ2) is 8.86. The van der Waals surface area contributed by atoms with E-state index in [0.29, 0.717) is 31.2 Å². The van der Waals surface area contributed by atoms with E-state index in [-0.39, 0.29) is 17.5 Å². The Morgan fingerprint density at radius 3 is 2.59 bits per heavy atom. The highest BCUT2D eigenvalue weighted by Gasteiger charge is 2.31. The third-order valence-corrected chi connectivity index (χ3v) is 4.99. The van der Waals surface area contributed by atoms with Crippen molar-refractivity contribution in [3.63, 3.8) is 0 Å². The lowest BCUT2D eigenvalue weighted by Crippen LogP contribution is -2.43. The SMILES string of the molecule is CCOCCn1cc(C(=O)NC2CC(c3ccc(OC)cc3)C2)ccc1=O. The molecule has 6 nitrogen and oxygen atoms in total. The van der Waals surface area contributed by atoms with E-state index in [0.717, 1.165) is 18.6 Å². The number of hydrogen-bond donors (Lipinski definition) is 1. The molecular formula is C21H26N2O4. The number of aromatic nitrogens is 1. The maximum absolute atomic E-state index is 12.5. The molecule has 1 aromatic heterocycles. The highest BCUT2D eigenvalue weighted by molar-refractivity contribution is 5.94. The largest absolute Gasteiger partial charge is 0.497 e. The molecule has 1 heterocycles. The molecule has 1 fully saturated rings. The minimum atomic E-state index is -0.140. The predicted octanol–water partition coefficient (Wildman–Crippen LogP) is 2.57. The Balaban J connectivity index is 1.54. The number of benzene rings is 1. The maximum Gasteiger partial charge on any atom is 0.252 e. The van der Waals surface area contributed by atoms with Crippen LogP contribution in [-0.2, 0) is 11.3 Å². The fourth-order valence-electron chi connectivity index (χ4n) is 3.30. The highest BCUT2D eigenvalue weighted by Crippen LogP contribution is 2.37. The Labute approximate surface area is 159 Å². The molecule has 1 aliphatic rings. The number of carbonyl (C=O) groups excluding carboxylic acids is 1. The molecule has 1 amide bonds. The number of methoxy groups -OCH3 is 1. The Hall–Kier alpha value is -2.60. The zero-order valence-electron chi connectivity index (χ0n) is 15.8. The minimum absolute atomic E-state index is 0.130. The molecule has 0 radical (unpaired) electrons. The molecule has 0 saturated heterocycles. The fourth-order valence-corrected chi connectivity index (χ4v) is 3.30. The average Bonchev–Trinajstić information content (AvgIpc) is 2.66. The van der Waals surface area contributed by atoms with E-state index in [1.165, 1.54) is 16.2 Å². The molecule has 27 heavy (non-hydrogen) atoms. The molecule has 1 aromatic carbocycles. The van der Waals surface area contributed by atoms with Crippen molar-refractivity contribution < 1.29 is 14.3 Å². The van der Waals surface area contributed by atoms with E-state index in [2.05, 4.69) is 17.4 Å². The topological polar surface area (TPSA) is 69.6 Å². The summed E-state index contributed by atoms with van der Waals surface area (Å²) >= 11 is 0. The van der Waals surface area contributed by atoms with Crippen molar-refractivity contribution in [3.8, 4) is 5.75 Å². The van der Waals surface area contributed by atoms with Crippen molar-refractivity contribution in [2.24, 2.45) is 0 Å². The van der Waals surface area contributed by atoms with Gasteiger partial charge in [0.15, 0.2) is 0 Å². The summed E-state index contributed by atoms with van der Waals surface area (Å²) in [6.45, 7) is 3.40. The van der Waals surface area contributed by atoms with Crippen molar-refractivity contribution in [2.45, 2.75) is 38.3 Å². The van der Waals surface area contributed by atoms with E-state index in [1.807, 2.05) is 19.1 Å². The van der Waals surface area contributed by atoms with Crippen molar-refractivity contribution in [2.75, 3.05) is 20.3 Å². The lowest BCUT2D eigenvalue weighted by molar-refractivity contribution is 0.0907. The van der Waals surface area contributed by atoms with E-state index in [9.17, 15) is 9.59 Å². The van der Waals surface area contributed by atoms with Crippen LogP contribution < -0.4 is 15.6 Å². The maximum atomic E-state index is 12.5. The number of pyridine rings is 1. The number of nitrogens with one attached hydrogen (secondary N) is 1. The van der Waals surface area contributed by atoms with Gasteiger partial charge in [0, 0.05) is 31.5 Å².